The fourth-order valence-corrected chi connectivity index (χ4v) is 5.87. The molecule has 2 heteroatoms. The van der Waals surface area contributed by atoms with Gasteiger partial charge in [-0.3, -0.25) is 0 Å². The third kappa shape index (κ3) is 2.81. The molecule has 1 aromatic carbocycles. The van der Waals surface area contributed by atoms with E-state index < -0.39 is 7.59 Å². The largest absolute Gasteiger partial charge is 0.0738 e. The van der Waals surface area contributed by atoms with Gasteiger partial charge in [0.1, 0.15) is 0 Å². The maximum absolute atomic E-state index is 2.47. The maximum Gasteiger partial charge on any atom is 0.0738 e. The number of benzene rings is 1. The van der Waals surface area contributed by atoms with Crippen LogP contribution in [0.2, 0.25) is 26.2 Å². The predicted molar refractivity (Wildman–Crippen MR) is 65.8 cm³/mol. The van der Waals surface area contributed by atoms with E-state index >= 15 is 0 Å². The first-order chi connectivity index (χ1) is 5.91. The summed E-state index contributed by atoms with van der Waals surface area (Å²) in [5.41, 5.74) is 1.37. The van der Waals surface area contributed by atoms with Crippen molar-refractivity contribution in [3.63, 3.8) is 0 Å². The Labute approximate surface area is 84.4 Å². The Morgan fingerprint density at radius 1 is 1.00 bits per heavy atom. The van der Waals surface area contributed by atoms with Gasteiger partial charge >= 0.3 is 0 Å². The van der Waals surface area contributed by atoms with E-state index in [1.807, 2.05) is 0 Å². The molecule has 0 atom stereocenters. The van der Waals surface area contributed by atoms with E-state index in [1.165, 1.54) is 5.56 Å². The second-order valence-corrected chi connectivity index (χ2v) is 17.8. The van der Waals surface area contributed by atoms with Crippen molar-refractivity contribution in [2.45, 2.75) is 33.1 Å². The third-order valence-corrected chi connectivity index (χ3v) is 13.7. The lowest BCUT2D eigenvalue weighted by Crippen LogP contribution is -2.49. The molecule has 0 aliphatic carbocycles. The average molecular weight is 207 g/mol. The van der Waals surface area contributed by atoms with Gasteiger partial charge in [-0.2, -0.15) is 0 Å². The van der Waals surface area contributed by atoms with E-state index in [-0.39, 0.29) is 8.31 Å². The van der Waals surface area contributed by atoms with E-state index in [0.29, 0.717) is 0 Å². The SMILES string of the molecule is Cc1ccc([Si](C)[Si](C)(C)C)cc1. The zero-order valence-corrected chi connectivity index (χ0v) is 11.3. The first kappa shape index (κ1) is 10.7. The summed E-state index contributed by atoms with van der Waals surface area (Å²) in [4.78, 5) is 0. The molecule has 0 unspecified atom stereocenters. The lowest BCUT2D eigenvalue weighted by Gasteiger charge is -2.23. The molecule has 1 rings (SSSR count). The second-order valence-electron chi connectivity index (χ2n) is 4.74. The summed E-state index contributed by atoms with van der Waals surface area (Å²) in [6, 6.07) is 9.12. The first-order valence-electron chi connectivity index (χ1n) is 4.82. The molecule has 71 valence electrons. The van der Waals surface area contributed by atoms with Crippen molar-refractivity contribution in [1.82, 2.24) is 0 Å². The zero-order chi connectivity index (χ0) is 10.1. The highest BCUT2D eigenvalue weighted by molar-refractivity contribution is 7.35. The van der Waals surface area contributed by atoms with Crippen LogP contribution < -0.4 is 5.19 Å². The molecule has 0 fully saturated rings. The Morgan fingerprint density at radius 2 is 1.46 bits per heavy atom. The summed E-state index contributed by atoms with van der Waals surface area (Å²) in [6.45, 7) is 12.0. The Balaban J connectivity index is 2.90. The van der Waals surface area contributed by atoms with Crippen molar-refractivity contribution in [3.8, 4) is 0 Å². The first-order valence-corrected chi connectivity index (χ1v) is 11.3. The predicted octanol–water partition coefficient (Wildman–Crippen LogP) is 2.74. The molecule has 0 saturated heterocycles. The zero-order valence-electron chi connectivity index (χ0n) is 9.31. The van der Waals surface area contributed by atoms with Gasteiger partial charge in [-0.1, -0.05) is 61.2 Å². The monoisotopic (exact) mass is 207 g/mol. The van der Waals surface area contributed by atoms with E-state index in [0.717, 1.165) is 0 Å². The minimum absolute atomic E-state index is 0.260. The van der Waals surface area contributed by atoms with E-state index in [2.05, 4.69) is 57.4 Å². The molecule has 0 aliphatic heterocycles. The Kier molecular flexibility index (Phi) is 3.14. The maximum atomic E-state index is 2.47. The van der Waals surface area contributed by atoms with Gasteiger partial charge in [0.2, 0.25) is 0 Å². The van der Waals surface area contributed by atoms with Crippen LogP contribution >= 0.6 is 0 Å². The smallest absolute Gasteiger partial charge is 0.0714 e. The number of hydrogen-bond acceptors (Lipinski definition) is 0. The van der Waals surface area contributed by atoms with Gasteiger partial charge in [0.25, 0.3) is 0 Å². The molecule has 0 saturated carbocycles. The van der Waals surface area contributed by atoms with Gasteiger partial charge < -0.3 is 0 Å². The molecule has 0 aliphatic rings. The molecular formula is C11H19Si2. The van der Waals surface area contributed by atoms with E-state index in [4.69, 9.17) is 0 Å². The van der Waals surface area contributed by atoms with E-state index in [9.17, 15) is 0 Å². The van der Waals surface area contributed by atoms with Gasteiger partial charge in [-0.05, 0) is 6.92 Å². The van der Waals surface area contributed by atoms with Gasteiger partial charge in [-0.15, -0.1) is 0 Å². The topological polar surface area (TPSA) is 0 Å². The summed E-state index contributed by atoms with van der Waals surface area (Å²) >= 11 is 0. The summed E-state index contributed by atoms with van der Waals surface area (Å²) in [5.74, 6) is 0. The van der Waals surface area contributed by atoms with Crippen LogP contribution in [0.5, 0.6) is 0 Å². The molecule has 0 heterocycles. The third-order valence-electron chi connectivity index (χ3n) is 2.61. The molecule has 0 amide bonds. The molecular weight excluding hydrogens is 188 g/mol. The van der Waals surface area contributed by atoms with Crippen LogP contribution in [0.3, 0.4) is 0 Å². The molecule has 0 bridgehead atoms. The van der Waals surface area contributed by atoms with Crippen molar-refractivity contribution in [2.75, 3.05) is 0 Å². The van der Waals surface area contributed by atoms with Crippen molar-refractivity contribution >= 4 is 21.1 Å². The highest BCUT2D eigenvalue weighted by Gasteiger charge is 2.25. The second kappa shape index (κ2) is 3.80. The van der Waals surface area contributed by atoms with Crippen LogP contribution in [0, 0.1) is 6.92 Å². The molecule has 0 spiro atoms. The fraction of sp³-hybridized carbons (Fsp3) is 0.455. The number of aryl methyl sites for hydroxylation is 1. The molecule has 0 N–H and O–H groups in total. The number of hydrogen-bond donors (Lipinski definition) is 0. The van der Waals surface area contributed by atoms with Gasteiger partial charge in [-0.25, -0.2) is 0 Å². The van der Waals surface area contributed by atoms with Gasteiger partial charge in [0, 0.05) is 7.59 Å². The van der Waals surface area contributed by atoms with Crippen LogP contribution in [0.25, 0.3) is 0 Å². The Bertz CT molecular complexity index is 269. The highest BCUT2D eigenvalue weighted by Crippen LogP contribution is 2.07. The molecule has 0 aromatic heterocycles. The Morgan fingerprint density at radius 3 is 1.85 bits per heavy atom. The number of rotatable bonds is 2. The summed E-state index contributed by atoms with van der Waals surface area (Å²) < 4.78 is 0. The van der Waals surface area contributed by atoms with Crippen LogP contribution in [0.1, 0.15) is 5.56 Å². The normalized spacial score (nSPS) is 12.2. The van der Waals surface area contributed by atoms with Crippen molar-refractivity contribution in [2.24, 2.45) is 0 Å². The standard InChI is InChI=1S/C11H19Si2/c1-10-6-8-11(9-7-10)12(2)13(3,4)5/h6-9H,1-5H3. The van der Waals surface area contributed by atoms with E-state index in [1.54, 1.807) is 5.19 Å². The molecule has 13 heavy (non-hydrogen) atoms. The fourth-order valence-electron chi connectivity index (χ4n) is 1.24. The van der Waals surface area contributed by atoms with Crippen LogP contribution in [-0.2, 0) is 0 Å². The lowest BCUT2D eigenvalue weighted by atomic mass is 10.2. The van der Waals surface area contributed by atoms with Gasteiger partial charge in [0.05, 0.1) is 8.31 Å². The summed E-state index contributed by atoms with van der Waals surface area (Å²) in [5, 5.41) is 1.61. The highest BCUT2D eigenvalue weighted by atomic mass is 29.2. The van der Waals surface area contributed by atoms with Crippen LogP contribution in [-0.4, -0.2) is 15.9 Å². The molecule has 0 nitrogen and oxygen atoms in total. The van der Waals surface area contributed by atoms with Gasteiger partial charge in [0.15, 0.2) is 0 Å². The molecule has 1 radical (unpaired) electrons. The summed E-state index contributed by atoms with van der Waals surface area (Å²) in [6.07, 6.45) is 0. The lowest BCUT2D eigenvalue weighted by molar-refractivity contribution is 1.49. The minimum Gasteiger partial charge on any atom is -0.0714 e. The molecule has 1 aromatic rings. The van der Waals surface area contributed by atoms with Crippen molar-refractivity contribution < 1.29 is 0 Å². The van der Waals surface area contributed by atoms with Crippen molar-refractivity contribution in [1.29, 1.82) is 0 Å². The average Bonchev–Trinajstić information content (AvgIpc) is 2.03. The minimum atomic E-state index is -0.917. The van der Waals surface area contributed by atoms with Crippen LogP contribution in [0.4, 0.5) is 0 Å². The summed E-state index contributed by atoms with van der Waals surface area (Å²) in [7, 11) is -1.18. The Hall–Kier alpha value is -0.346. The van der Waals surface area contributed by atoms with Crippen LogP contribution in [0.15, 0.2) is 24.3 Å². The van der Waals surface area contributed by atoms with Crippen molar-refractivity contribution in [3.05, 3.63) is 29.8 Å². The quantitative estimate of drug-likeness (QED) is 0.654.